The number of aryl methyl sites for hydroxylation is 2. The summed E-state index contributed by atoms with van der Waals surface area (Å²) in [6.45, 7) is 3.17. The van der Waals surface area contributed by atoms with Gasteiger partial charge >= 0.3 is 0 Å². The van der Waals surface area contributed by atoms with E-state index in [1.807, 2.05) is 24.6 Å². The van der Waals surface area contributed by atoms with Crippen LogP contribution in [0.1, 0.15) is 31.5 Å². The van der Waals surface area contributed by atoms with Gasteiger partial charge in [-0.25, -0.2) is 13.4 Å². The summed E-state index contributed by atoms with van der Waals surface area (Å²) in [5.74, 6) is 0.884. The molecule has 0 bridgehead atoms. The van der Waals surface area contributed by atoms with E-state index in [1.165, 1.54) is 0 Å². The second-order valence-corrected chi connectivity index (χ2v) is 7.62. The molecular weight excluding hydrogens is 286 g/mol. The Morgan fingerprint density at radius 3 is 2.43 bits per heavy atom. The largest absolute Gasteiger partial charge is 0.331 e. The third-order valence-electron chi connectivity index (χ3n) is 4.28. The highest BCUT2D eigenvalue weighted by Crippen LogP contribution is 2.24. The van der Waals surface area contributed by atoms with Crippen LogP contribution in [0.3, 0.4) is 0 Å². The molecule has 0 unspecified atom stereocenters. The summed E-state index contributed by atoms with van der Waals surface area (Å²) >= 11 is 0. The number of benzene rings is 1. The smallest absolute Gasteiger partial charge is 0.243 e. The molecular formula is C15H21N3O2S. The number of hydrogen-bond donors (Lipinski definition) is 0. The molecule has 0 saturated carbocycles. The standard InChI is InChI=1S/C15H21N3O2S/c1-12-16-14-11-13(7-8-15(14)17(12)2)21(19,20)18-9-5-3-4-6-10-18/h7-8,11H,3-6,9-10H2,1-2H3. The van der Waals surface area contributed by atoms with Gasteiger partial charge in [-0.2, -0.15) is 4.31 Å². The van der Waals surface area contributed by atoms with Gasteiger partial charge in [-0.15, -0.1) is 0 Å². The second kappa shape index (κ2) is 5.42. The summed E-state index contributed by atoms with van der Waals surface area (Å²) < 4.78 is 29.1. The number of fused-ring (bicyclic) bond motifs is 1. The fourth-order valence-electron chi connectivity index (χ4n) is 2.89. The van der Waals surface area contributed by atoms with E-state index < -0.39 is 10.0 Å². The van der Waals surface area contributed by atoms with Crippen molar-refractivity contribution in [2.45, 2.75) is 37.5 Å². The molecule has 1 aromatic carbocycles. The SMILES string of the molecule is Cc1nc2cc(S(=O)(=O)N3CCCCCC3)ccc2n1C. The van der Waals surface area contributed by atoms with Crippen LogP contribution in [-0.4, -0.2) is 35.4 Å². The Labute approximate surface area is 125 Å². The van der Waals surface area contributed by atoms with Crippen LogP contribution in [0.5, 0.6) is 0 Å². The van der Waals surface area contributed by atoms with E-state index in [1.54, 1.807) is 16.4 Å². The minimum atomic E-state index is -3.40. The molecule has 3 rings (SSSR count). The highest BCUT2D eigenvalue weighted by molar-refractivity contribution is 7.89. The number of imidazole rings is 1. The Balaban J connectivity index is 2.01. The molecule has 1 saturated heterocycles. The van der Waals surface area contributed by atoms with E-state index in [2.05, 4.69) is 4.98 Å². The Morgan fingerprint density at radius 2 is 1.76 bits per heavy atom. The van der Waals surface area contributed by atoms with Gasteiger partial charge in [-0.05, 0) is 38.0 Å². The summed E-state index contributed by atoms with van der Waals surface area (Å²) in [7, 11) is -1.46. The van der Waals surface area contributed by atoms with Crippen LogP contribution in [0.2, 0.25) is 0 Å². The Morgan fingerprint density at radius 1 is 1.10 bits per heavy atom. The molecule has 2 aromatic rings. The van der Waals surface area contributed by atoms with E-state index in [9.17, 15) is 8.42 Å². The summed E-state index contributed by atoms with van der Waals surface area (Å²) in [4.78, 5) is 4.79. The van der Waals surface area contributed by atoms with Gasteiger partial charge in [0.15, 0.2) is 0 Å². The first-order chi connectivity index (χ1) is 10.00. The van der Waals surface area contributed by atoms with Crippen molar-refractivity contribution in [3.8, 4) is 0 Å². The molecule has 1 aliphatic heterocycles. The minimum absolute atomic E-state index is 0.356. The van der Waals surface area contributed by atoms with Crippen molar-refractivity contribution >= 4 is 21.1 Å². The van der Waals surface area contributed by atoms with Crippen LogP contribution in [-0.2, 0) is 17.1 Å². The monoisotopic (exact) mass is 307 g/mol. The predicted molar refractivity (Wildman–Crippen MR) is 82.7 cm³/mol. The summed E-state index contributed by atoms with van der Waals surface area (Å²) in [5.41, 5.74) is 1.70. The molecule has 0 aliphatic carbocycles. The maximum atomic E-state index is 12.8. The third kappa shape index (κ3) is 2.58. The molecule has 1 aliphatic rings. The van der Waals surface area contributed by atoms with Gasteiger partial charge in [0.05, 0.1) is 15.9 Å². The first kappa shape index (κ1) is 14.5. The quantitative estimate of drug-likeness (QED) is 0.856. The van der Waals surface area contributed by atoms with Crippen molar-refractivity contribution in [3.63, 3.8) is 0 Å². The molecule has 1 aromatic heterocycles. The van der Waals surface area contributed by atoms with E-state index >= 15 is 0 Å². The van der Waals surface area contributed by atoms with Crippen LogP contribution < -0.4 is 0 Å². The average Bonchev–Trinajstić information content (AvgIpc) is 2.67. The van der Waals surface area contributed by atoms with Gasteiger partial charge in [0.1, 0.15) is 5.82 Å². The molecule has 0 amide bonds. The number of sulfonamides is 1. The summed E-state index contributed by atoms with van der Waals surface area (Å²) in [5, 5.41) is 0. The van der Waals surface area contributed by atoms with Gasteiger partial charge in [-0.3, -0.25) is 0 Å². The van der Waals surface area contributed by atoms with Gasteiger partial charge in [-0.1, -0.05) is 12.8 Å². The highest BCUT2D eigenvalue weighted by Gasteiger charge is 2.25. The zero-order chi connectivity index (χ0) is 15.0. The molecule has 0 radical (unpaired) electrons. The molecule has 2 heterocycles. The van der Waals surface area contributed by atoms with Crippen LogP contribution in [0, 0.1) is 6.92 Å². The van der Waals surface area contributed by atoms with Crippen LogP contribution >= 0.6 is 0 Å². The topological polar surface area (TPSA) is 55.2 Å². The zero-order valence-electron chi connectivity index (χ0n) is 12.5. The molecule has 5 nitrogen and oxygen atoms in total. The fraction of sp³-hybridized carbons (Fsp3) is 0.533. The van der Waals surface area contributed by atoms with Crippen molar-refractivity contribution in [1.29, 1.82) is 0 Å². The Kier molecular flexibility index (Phi) is 3.75. The van der Waals surface area contributed by atoms with Gasteiger partial charge in [0.2, 0.25) is 10.0 Å². The summed E-state index contributed by atoms with van der Waals surface area (Å²) in [6, 6.07) is 5.24. The fourth-order valence-corrected chi connectivity index (χ4v) is 4.43. The van der Waals surface area contributed by atoms with Gasteiger partial charge in [0, 0.05) is 20.1 Å². The molecule has 0 atom stereocenters. The van der Waals surface area contributed by atoms with E-state index in [-0.39, 0.29) is 0 Å². The first-order valence-electron chi connectivity index (χ1n) is 7.43. The van der Waals surface area contributed by atoms with E-state index in [0.717, 1.165) is 42.5 Å². The summed E-state index contributed by atoms with van der Waals surface area (Å²) in [6.07, 6.45) is 4.13. The molecule has 21 heavy (non-hydrogen) atoms. The average molecular weight is 307 g/mol. The van der Waals surface area contributed by atoms with Crippen molar-refractivity contribution in [2.75, 3.05) is 13.1 Å². The maximum absolute atomic E-state index is 12.8. The van der Waals surface area contributed by atoms with Crippen LogP contribution in [0.15, 0.2) is 23.1 Å². The predicted octanol–water partition coefficient (Wildman–Crippen LogP) is 2.45. The minimum Gasteiger partial charge on any atom is -0.331 e. The number of nitrogens with zero attached hydrogens (tertiary/aromatic N) is 3. The lowest BCUT2D eigenvalue weighted by Gasteiger charge is -2.19. The number of hydrogen-bond acceptors (Lipinski definition) is 3. The lowest BCUT2D eigenvalue weighted by atomic mass is 10.2. The molecule has 0 N–H and O–H groups in total. The van der Waals surface area contributed by atoms with Crippen molar-refractivity contribution in [1.82, 2.24) is 13.9 Å². The zero-order valence-corrected chi connectivity index (χ0v) is 13.4. The van der Waals surface area contributed by atoms with E-state index in [0.29, 0.717) is 18.0 Å². The van der Waals surface area contributed by atoms with Gasteiger partial charge < -0.3 is 4.57 Å². The van der Waals surface area contributed by atoms with Crippen LogP contribution in [0.25, 0.3) is 11.0 Å². The van der Waals surface area contributed by atoms with E-state index in [4.69, 9.17) is 0 Å². The first-order valence-corrected chi connectivity index (χ1v) is 8.87. The van der Waals surface area contributed by atoms with Crippen molar-refractivity contribution in [3.05, 3.63) is 24.0 Å². The molecule has 0 spiro atoms. The number of aromatic nitrogens is 2. The van der Waals surface area contributed by atoms with Crippen molar-refractivity contribution < 1.29 is 8.42 Å². The lowest BCUT2D eigenvalue weighted by molar-refractivity contribution is 0.424. The molecule has 114 valence electrons. The van der Waals surface area contributed by atoms with Crippen LogP contribution in [0.4, 0.5) is 0 Å². The van der Waals surface area contributed by atoms with Gasteiger partial charge in [0.25, 0.3) is 0 Å². The second-order valence-electron chi connectivity index (χ2n) is 5.69. The molecule has 6 heteroatoms. The third-order valence-corrected chi connectivity index (χ3v) is 6.17. The molecule has 1 fully saturated rings. The Hall–Kier alpha value is -1.40. The Bertz CT molecular complexity index is 757. The number of rotatable bonds is 2. The van der Waals surface area contributed by atoms with Crippen molar-refractivity contribution in [2.24, 2.45) is 7.05 Å². The lowest BCUT2D eigenvalue weighted by Crippen LogP contribution is -2.31. The highest BCUT2D eigenvalue weighted by atomic mass is 32.2. The maximum Gasteiger partial charge on any atom is 0.243 e. The normalized spacial score (nSPS) is 18.0.